The van der Waals surface area contributed by atoms with Gasteiger partial charge in [-0.25, -0.2) is 15.0 Å². The highest BCUT2D eigenvalue weighted by Crippen LogP contribution is 2.28. The van der Waals surface area contributed by atoms with Crippen LogP contribution in [0.1, 0.15) is 5.69 Å². The second-order valence-electron chi connectivity index (χ2n) is 4.74. The van der Waals surface area contributed by atoms with Gasteiger partial charge in [0.2, 0.25) is 5.78 Å². The standard InChI is InChI=1S/C14H9N5O3S/c20-19(21)10-2-3-12-11(6-10)17-14(22-12)23-8-9-7-18-5-1-4-15-13(18)16-9/h1-7H,8H2. The van der Waals surface area contributed by atoms with Gasteiger partial charge in [-0.15, -0.1) is 0 Å². The number of oxazole rings is 1. The molecule has 4 aromatic rings. The van der Waals surface area contributed by atoms with Crippen molar-refractivity contribution in [1.29, 1.82) is 0 Å². The maximum Gasteiger partial charge on any atom is 0.271 e. The van der Waals surface area contributed by atoms with Crippen LogP contribution in [0.15, 0.2) is 52.5 Å². The molecule has 114 valence electrons. The van der Waals surface area contributed by atoms with Crippen LogP contribution in [0.25, 0.3) is 16.9 Å². The molecule has 0 radical (unpaired) electrons. The number of imidazole rings is 1. The number of rotatable bonds is 4. The summed E-state index contributed by atoms with van der Waals surface area (Å²) in [6, 6.07) is 6.19. The van der Waals surface area contributed by atoms with Crippen LogP contribution in [0, 0.1) is 10.1 Å². The Morgan fingerprint density at radius 2 is 2.26 bits per heavy atom. The summed E-state index contributed by atoms with van der Waals surface area (Å²) in [5.41, 5.74) is 1.84. The first-order valence-corrected chi connectivity index (χ1v) is 7.64. The molecule has 23 heavy (non-hydrogen) atoms. The quantitative estimate of drug-likeness (QED) is 0.322. The number of hydrogen-bond donors (Lipinski definition) is 0. The third kappa shape index (κ3) is 2.61. The average Bonchev–Trinajstić information content (AvgIpc) is 3.14. The molecule has 0 aliphatic carbocycles. The Balaban J connectivity index is 1.56. The van der Waals surface area contributed by atoms with Crippen LogP contribution in [0.3, 0.4) is 0 Å². The van der Waals surface area contributed by atoms with E-state index in [2.05, 4.69) is 15.0 Å². The summed E-state index contributed by atoms with van der Waals surface area (Å²) in [7, 11) is 0. The molecule has 0 unspecified atom stereocenters. The molecule has 3 heterocycles. The number of hydrogen-bond acceptors (Lipinski definition) is 7. The van der Waals surface area contributed by atoms with Crippen molar-refractivity contribution in [3.63, 3.8) is 0 Å². The van der Waals surface area contributed by atoms with Crippen LogP contribution in [-0.2, 0) is 5.75 Å². The number of nitro groups is 1. The molecular weight excluding hydrogens is 318 g/mol. The highest BCUT2D eigenvalue weighted by Gasteiger charge is 2.12. The molecule has 1 aromatic carbocycles. The number of thioether (sulfide) groups is 1. The zero-order valence-electron chi connectivity index (χ0n) is 11.6. The fraction of sp³-hybridized carbons (Fsp3) is 0.0714. The number of non-ortho nitro benzene ring substituents is 1. The van der Waals surface area contributed by atoms with E-state index in [1.54, 1.807) is 12.3 Å². The van der Waals surface area contributed by atoms with E-state index in [1.807, 2.05) is 22.9 Å². The summed E-state index contributed by atoms with van der Waals surface area (Å²) < 4.78 is 7.42. The Bertz CT molecular complexity index is 993. The molecule has 0 saturated carbocycles. The number of aromatic nitrogens is 4. The minimum Gasteiger partial charge on any atom is -0.431 e. The highest BCUT2D eigenvalue weighted by atomic mass is 32.2. The maximum absolute atomic E-state index is 10.8. The minimum absolute atomic E-state index is 0.00576. The molecule has 0 N–H and O–H groups in total. The fourth-order valence-corrected chi connectivity index (χ4v) is 2.88. The lowest BCUT2D eigenvalue weighted by Gasteiger charge is -1.90. The SMILES string of the molecule is O=[N+]([O-])c1ccc2oc(SCc3cn4cccnc4n3)nc2c1. The Morgan fingerprint density at radius 3 is 3.09 bits per heavy atom. The molecule has 8 nitrogen and oxygen atoms in total. The van der Waals surface area contributed by atoms with Crippen LogP contribution < -0.4 is 0 Å². The van der Waals surface area contributed by atoms with Crippen LogP contribution in [0.5, 0.6) is 0 Å². The van der Waals surface area contributed by atoms with Gasteiger partial charge in [-0.1, -0.05) is 11.8 Å². The Morgan fingerprint density at radius 1 is 1.35 bits per heavy atom. The van der Waals surface area contributed by atoms with Gasteiger partial charge >= 0.3 is 0 Å². The largest absolute Gasteiger partial charge is 0.431 e. The van der Waals surface area contributed by atoms with Gasteiger partial charge in [0, 0.05) is 36.5 Å². The fourth-order valence-electron chi connectivity index (χ4n) is 2.15. The predicted octanol–water partition coefficient (Wildman–Crippen LogP) is 3.07. The number of benzene rings is 1. The number of fused-ring (bicyclic) bond motifs is 2. The lowest BCUT2D eigenvalue weighted by Crippen LogP contribution is -1.86. The lowest BCUT2D eigenvalue weighted by atomic mass is 10.3. The molecule has 3 aromatic heterocycles. The van der Waals surface area contributed by atoms with Crippen LogP contribution in [-0.4, -0.2) is 24.3 Å². The van der Waals surface area contributed by atoms with Gasteiger partial charge in [0.1, 0.15) is 5.52 Å². The van der Waals surface area contributed by atoms with E-state index in [1.165, 1.54) is 23.9 Å². The number of nitro benzene ring substituents is 1. The zero-order chi connectivity index (χ0) is 15.8. The van der Waals surface area contributed by atoms with Gasteiger partial charge in [-0.2, -0.15) is 0 Å². The summed E-state index contributed by atoms with van der Waals surface area (Å²) in [6.07, 6.45) is 5.46. The highest BCUT2D eigenvalue weighted by molar-refractivity contribution is 7.98. The molecule has 0 saturated heterocycles. The third-order valence-electron chi connectivity index (χ3n) is 3.19. The van der Waals surface area contributed by atoms with E-state index in [0.29, 0.717) is 27.9 Å². The zero-order valence-corrected chi connectivity index (χ0v) is 12.4. The first-order chi connectivity index (χ1) is 11.2. The van der Waals surface area contributed by atoms with Crippen LogP contribution >= 0.6 is 11.8 Å². The van der Waals surface area contributed by atoms with Crippen molar-refractivity contribution in [2.24, 2.45) is 0 Å². The Kier molecular flexibility index (Phi) is 3.19. The molecule has 0 fully saturated rings. The van der Waals surface area contributed by atoms with E-state index >= 15 is 0 Å². The Hall–Kier alpha value is -2.94. The van der Waals surface area contributed by atoms with Crippen molar-refractivity contribution in [3.8, 4) is 0 Å². The molecule has 9 heteroatoms. The first-order valence-electron chi connectivity index (χ1n) is 6.65. The third-order valence-corrected chi connectivity index (χ3v) is 4.05. The van der Waals surface area contributed by atoms with E-state index in [9.17, 15) is 10.1 Å². The number of nitrogens with zero attached hydrogens (tertiary/aromatic N) is 5. The summed E-state index contributed by atoms with van der Waals surface area (Å²) in [5.74, 6) is 1.20. The molecule has 0 aliphatic rings. The second-order valence-corrected chi connectivity index (χ2v) is 5.66. The topological polar surface area (TPSA) is 99.4 Å². The van der Waals surface area contributed by atoms with Crippen molar-refractivity contribution in [2.45, 2.75) is 11.0 Å². The molecule has 0 bridgehead atoms. The first kappa shape index (κ1) is 13.7. The van der Waals surface area contributed by atoms with Gasteiger partial charge < -0.3 is 4.42 Å². The normalized spacial score (nSPS) is 11.3. The summed E-state index contributed by atoms with van der Waals surface area (Å²) >= 11 is 1.38. The van der Waals surface area contributed by atoms with Crippen LogP contribution in [0.4, 0.5) is 5.69 Å². The monoisotopic (exact) mass is 327 g/mol. The summed E-state index contributed by atoms with van der Waals surface area (Å²) in [5, 5.41) is 11.2. The Labute approximate surface area is 133 Å². The van der Waals surface area contributed by atoms with Gasteiger partial charge in [0.25, 0.3) is 10.9 Å². The minimum atomic E-state index is -0.454. The van der Waals surface area contributed by atoms with E-state index in [-0.39, 0.29) is 5.69 Å². The second kappa shape index (κ2) is 5.36. The average molecular weight is 327 g/mol. The van der Waals surface area contributed by atoms with Gasteiger partial charge in [0.15, 0.2) is 5.58 Å². The van der Waals surface area contributed by atoms with Crippen molar-refractivity contribution < 1.29 is 9.34 Å². The van der Waals surface area contributed by atoms with Gasteiger partial charge in [-0.05, 0) is 12.1 Å². The van der Waals surface area contributed by atoms with Crippen molar-refractivity contribution >= 4 is 34.3 Å². The van der Waals surface area contributed by atoms with Gasteiger partial charge in [0.05, 0.1) is 10.6 Å². The van der Waals surface area contributed by atoms with E-state index in [0.717, 1.165) is 5.69 Å². The predicted molar refractivity (Wildman–Crippen MR) is 83.2 cm³/mol. The smallest absolute Gasteiger partial charge is 0.271 e. The van der Waals surface area contributed by atoms with Crippen molar-refractivity contribution in [1.82, 2.24) is 19.4 Å². The molecule has 0 aliphatic heterocycles. The molecule has 0 spiro atoms. The van der Waals surface area contributed by atoms with E-state index < -0.39 is 4.92 Å². The lowest BCUT2D eigenvalue weighted by molar-refractivity contribution is -0.384. The molecule has 0 amide bonds. The summed E-state index contributed by atoms with van der Waals surface area (Å²) in [4.78, 5) is 23.1. The molecule has 0 atom stereocenters. The van der Waals surface area contributed by atoms with Crippen molar-refractivity contribution in [2.75, 3.05) is 0 Å². The molecular formula is C14H9N5O3S. The summed E-state index contributed by atoms with van der Waals surface area (Å²) in [6.45, 7) is 0. The van der Waals surface area contributed by atoms with E-state index in [4.69, 9.17) is 4.42 Å². The molecule has 4 rings (SSSR count). The van der Waals surface area contributed by atoms with Crippen LogP contribution in [0.2, 0.25) is 0 Å². The maximum atomic E-state index is 10.8. The van der Waals surface area contributed by atoms with Gasteiger partial charge in [-0.3, -0.25) is 14.5 Å². The van der Waals surface area contributed by atoms with Crippen molar-refractivity contribution in [3.05, 3.63) is 58.7 Å².